The number of piperazine rings is 1. The molecule has 100 valence electrons. The van der Waals surface area contributed by atoms with Gasteiger partial charge < -0.3 is 10.0 Å². The van der Waals surface area contributed by atoms with Gasteiger partial charge in [-0.15, -0.1) is 0 Å². The number of anilines is 1. The number of aromatic nitrogens is 2. The Hall–Kier alpha value is -0.560. The molecule has 7 heteroatoms. The Labute approximate surface area is 116 Å². The highest BCUT2D eigenvalue weighted by atomic mass is 35.5. The Morgan fingerprint density at radius 2 is 2.06 bits per heavy atom. The van der Waals surface area contributed by atoms with E-state index in [1.54, 1.807) is 0 Å². The van der Waals surface area contributed by atoms with Crippen molar-refractivity contribution in [1.29, 1.82) is 0 Å². The Morgan fingerprint density at radius 1 is 1.33 bits per heavy atom. The van der Waals surface area contributed by atoms with Crippen LogP contribution in [0, 0.1) is 0 Å². The number of nitrogens with zero attached hydrogens (tertiary/aromatic N) is 4. The van der Waals surface area contributed by atoms with Gasteiger partial charge in [0.15, 0.2) is 5.16 Å². The third kappa shape index (κ3) is 3.47. The molecule has 0 atom stereocenters. The van der Waals surface area contributed by atoms with Crippen LogP contribution in [0.4, 0.5) is 5.82 Å². The average molecular weight is 289 g/mol. The fraction of sp³-hybridized carbons (Fsp3) is 0.636. The zero-order chi connectivity index (χ0) is 13.0. The summed E-state index contributed by atoms with van der Waals surface area (Å²) < 4.78 is 0. The van der Waals surface area contributed by atoms with Crippen molar-refractivity contribution in [3.63, 3.8) is 0 Å². The summed E-state index contributed by atoms with van der Waals surface area (Å²) in [5, 5.41) is 10.1. The highest BCUT2D eigenvalue weighted by molar-refractivity contribution is 7.98. The minimum absolute atomic E-state index is 0.218. The van der Waals surface area contributed by atoms with Gasteiger partial charge in [-0.05, 0) is 6.26 Å². The molecule has 0 saturated carbocycles. The van der Waals surface area contributed by atoms with E-state index in [2.05, 4.69) is 19.8 Å². The zero-order valence-corrected chi connectivity index (χ0v) is 11.9. The molecule has 1 aromatic heterocycles. The van der Waals surface area contributed by atoms with Gasteiger partial charge >= 0.3 is 0 Å². The maximum atomic E-state index is 8.91. The van der Waals surface area contributed by atoms with E-state index in [1.165, 1.54) is 11.8 Å². The largest absolute Gasteiger partial charge is 0.395 e. The Balaban J connectivity index is 2.02. The fourth-order valence-electron chi connectivity index (χ4n) is 1.98. The Bertz CT molecular complexity index is 399. The summed E-state index contributed by atoms with van der Waals surface area (Å²) in [5.41, 5.74) is 0. The van der Waals surface area contributed by atoms with Crippen molar-refractivity contribution in [2.24, 2.45) is 0 Å². The summed E-state index contributed by atoms with van der Waals surface area (Å²) >= 11 is 7.48. The van der Waals surface area contributed by atoms with E-state index in [0.29, 0.717) is 10.3 Å². The number of thioether (sulfide) groups is 1. The number of hydrogen-bond donors (Lipinski definition) is 1. The number of β-amino-alcohol motifs (C(OH)–C–C–N with tert-alkyl or cyclic N) is 1. The molecule has 0 radical (unpaired) electrons. The predicted molar refractivity (Wildman–Crippen MR) is 74.6 cm³/mol. The first-order chi connectivity index (χ1) is 8.72. The standard InChI is InChI=1S/C11H17ClN4OS/c1-18-11-13-9(12)8-10(14-11)16-4-2-15(3-5-16)6-7-17/h8,17H,2-7H2,1H3. The van der Waals surface area contributed by atoms with Crippen molar-refractivity contribution in [1.82, 2.24) is 14.9 Å². The molecule has 1 fully saturated rings. The normalized spacial score (nSPS) is 17.2. The molecule has 1 N–H and O–H groups in total. The van der Waals surface area contributed by atoms with Gasteiger partial charge in [-0.2, -0.15) is 0 Å². The quantitative estimate of drug-likeness (QED) is 0.506. The lowest BCUT2D eigenvalue weighted by Gasteiger charge is -2.35. The van der Waals surface area contributed by atoms with Gasteiger partial charge in [0.25, 0.3) is 0 Å². The molecule has 5 nitrogen and oxygen atoms in total. The van der Waals surface area contributed by atoms with Gasteiger partial charge in [0.2, 0.25) is 0 Å². The van der Waals surface area contributed by atoms with Crippen molar-refractivity contribution in [3.05, 3.63) is 11.2 Å². The maximum Gasteiger partial charge on any atom is 0.190 e. The molecule has 0 unspecified atom stereocenters. The lowest BCUT2D eigenvalue weighted by Crippen LogP contribution is -2.47. The molecule has 2 heterocycles. The summed E-state index contributed by atoms with van der Waals surface area (Å²) in [6.07, 6.45) is 1.94. The van der Waals surface area contributed by atoms with Crippen LogP contribution in [-0.2, 0) is 0 Å². The molecule has 0 aliphatic carbocycles. The summed E-state index contributed by atoms with van der Waals surface area (Å²) in [4.78, 5) is 13.1. The smallest absolute Gasteiger partial charge is 0.190 e. The molecular weight excluding hydrogens is 272 g/mol. The number of aliphatic hydroxyl groups is 1. The van der Waals surface area contributed by atoms with Gasteiger partial charge in [0.1, 0.15) is 11.0 Å². The second-order valence-corrected chi connectivity index (χ2v) is 5.25. The van der Waals surface area contributed by atoms with E-state index >= 15 is 0 Å². The summed E-state index contributed by atoms with van der Waals surface area (Å²) in [5.74, 6) is 0.892. The average Bonchev–Trinajstić information content (AvgIpc) is 2.39. The van der Waals surface area contributed by atoms with Crippen molar-refractivity contribution >= 4 is 29.2 Å². The number of aliphatic hydroxyl groups excluding tert-OH is 1. The maximum absolute atomic E-state index is 8.91. The van der Waals surface area contributed by atoms with E-state index < -0.39 is 0 Å². The highest BCUT2D eigenvalue weighted by Gasteiger charge is 2.18. The topological polar surface area (TPSA) is 52.5 Å². The first-order valence-corrected chi connectivity index (χ1v) is 7.50. The van der Waals surface area contributed by atoms with E-state index in [9.17, 15) is 0 Å². The molecule has 1 aliphatic heterocycles. The van der Waals surface area contributed by atoms with Crippen LogP contribution in [-0.4, -0.2) is 65.6 Å². The molecular formula is C11H17ClN4OS. The predicted octanol–water partition coefficient (Wildman–Crippen LogP) is 0.966. The number of rotatable bonds is 4. The molecule has 18 heavy (non-hydrogen) atoms. The fourth-order valence-corrected chi connectivity index (χ4v) is 2.58. The summed E-state index contributed by atoms with van der Waals surface area (Å²) in [7, 11) is 0. The van der Waals surface area contributed by atoms with Crippen LogP contribution in [0.15, 0.2) is 11.2 Å². The van der Waals surface area contributed by atoms with E-state index in [0.717, 1.165) is 38.5 Å². The van der Waals surface area contributed by atoms with E-state index in [1.807, 2.05) is 12.3 Å². The molecule has 0 spiro atoms. The number of hydrogen-bond acceptors (Lipinski definition) is 6. The van der Waals surface area contributed by atoms with Crippen LogP contribution < -0.4 is 4.90 Å². The van der Waals surface area contributed by atoms with E-state index in [4.69, 9.17) is 16.7 Å². The first kappa shape index (κ1) is 13.9. The van der Waals surface area contributed by atoms with Crippen molar-refractivity contribution < 1.29 is 5.11 Å². The van der Waals surface area contributed by atoms with Crippen molar-refractivity contribution in [3.8, 4) is 0 Å². The van der Waals surface area contributed by atoms with Crippen LogP contribution in [0.5, 0.6) is 0 Å². The van der Waals surface area contributed by atoms with Crippen LogP contribution in [0.3, 0.4) is 0 Å². The summed E-state index contributed by atoms with van der Waals surface area (Å²) in [6.45, 7) is 4.65. The molecule has 0 aromatic carbocycles. The van der Waals surface area contributed by atoms with Crippen LogP contribution >= 0.6 is 23.4 Å². The third-order valence-electron chi connectivity index (χ3n) is 2.96. The third-order valence-corrected chi connectivity index (χ3v) is 3.70. The minimum Gasteiger partial charge on any atom is -0.395 e. The lowest BCUT2D eigenvalue weighted by molar-refractivity contribution is 0.188. The SMILES string of the molecule is CSc1nc(Cl)cc(N2CCN(CCO)CC2)n1. The van der Waals surface area contributed by atoms with Gasteiger partial charge in [-0.3, -0.25) is 4.90 Å². The molecule has 1 aromatic rings. The van der Waals surface area contributed by atoms with Crippen molar-refractivity contribution in [2.45, 2.75) is 5.16 Å². The van der Waals surface area contributed by atoms with Gasteiger partial charge in [-0.25, -0.2) is 9.97 Å². The Morgan fingerprint density at radius 3 is 2.67 bits per heavy atom. The molecule has 0 bridgehead atoms. The van der Waals surface area contributed by atoms with Gasteiger partial charge in [0.05, 0.1) is 6.61 Å². The van der Waals surface area contributed by atoms with Crippen LogP contribution in [0.1, 0.15) is 0 Å². The first-order valence-electron chi connectivity index (χ1n) is 5.89. The highest BCUT2D eigenvalue weighted by Crippen LogP contribution is 2.21. The summed E-state index contributed by atoms with van der Waals surface area (Å²) in [6, 6.07) is 1.81. The lowest BCUT2D eigenvalue weighted by atomic mass is 10.3. The monoisotopic (exact) mass is 288 g/mol. The molecule has 1 aliphatic rings. The van der Waals surface area contributed by atoms with Gasteiger partial charge in [0, 0.05) is 38.8 Å². The van der Waals surface area contributed by atoms with Gasteiger partial charge in [-0.1, -0.05) is 23.4 Å². The zero-order valence-electron chi connectivity index (χ0n) is 10.3. The molecule has 2 rings (SSSR count). The Kier molecular flexibility index (Phi) is 5.05. The van der Waals surface area contributed by atoms with E-state index in [-0.39, 0.29) is 6.61 Å². The van der Waals surface area contributed by atoms with Crippen LogP contribution in [0.25, 0.3) is 0 Å². The molecule has 0 amide bonds. The second-order valence-electron chi connectivity index (χ2n) is 4.09. The van der Waals surface area contributed by atoms with Crippen LogP contribution in [0.2, 0.25) is 5.15 Å². The van der Waals surface area contributed by atoms with Crippen molar-refractivity contribution in [2.75, 3.05) is 50.5 Å². The number of halogens is 1. The second kappa shape index (κ2) is 6.56. The minimum atomic E-state index is 0.218. The molecule has 1 saturated heterocycles.